The molecular weight excluding hydrogens is 624 g/mol. The molecule has 49 heavy (non-hydrogen) atoms. The van der Waals surface area contributed by atoms with Crippen LogP contribution in [0.4, 0.5) is 34.1 Å². The van der Waals surface area contributed by atoms with Gasteiger partial charge in [-0.25, -0.2) is 0 Å². The molecule has 0 bridgehead atoms. The minimum Gasteiger partial charge on any atom is -0.399 e. The van der Waals surface area contributed by atoms with Gasteiger partial charge in [0.2, 0.25) is 0 Å². The summed E-state index contributed by atoms with van der Waals surface area (Å²) in [6, 6.07) is 23.6. The minimum absolute atomic E-state index is 0. The van der Waals surface area contributed by atoms with Gasteiger partial charge < -0.3 is 61.4 Å². The van der Waals surface area contributed by atoms with Gasteiger partial charge in [0, 0.05) is 94.6 Å². The molecule has 9 N–H and O–H groups in total. The first-order valence-electron chi connectivity index (χ1n) is 16.9. The van der Waals surface area contributed by atoms with Crippen LogP contribution in [0.25, 0.3) is 0 Å². The Bertz CT molecular complexity index is 1140. The van der Waals surface area contributed by atoms with E-state index in [1.165, 1.54) is 17.1 Å². The van der Waals surface area contributed by atoms with Crippen molar-refractivity contribution in [3.8, 4) is 0 Å². The number of hydrogen-bond acceptors (Lipinski definition) is 12. The van der Waals surface area contributed by atoms with Gasteiger partial charge in [-0.05, 0) is 92.1 Å². The Hall–Kier alpha value is -3.78. The zero-order valence-electron chi connectivity index (χ0n) is 27.9. The molecule has 0 radical (unpaired) electrons. The molecule has 1 unspecified atom stereocenters. The second kappa shape index (κ2) is 21.3. The molecule has 3 fully saturated rings. The smallest absolute Gasteiger partial charge is 0.0772 e. The van der Waals surface area contributed by atoms with Crippen LogP contribution in [-0.2, 0) is 14.2 Å². The van der Waals surface area contributed by atoms with Gasteiger partial charge in [0.05, 0.1) is 38.1 Å². The summed E-state index contributed by atoms with van der Waals surface area (Å²) in [7, 11) is 0. The van der Waals surface area contributed by atoms with E-state index in [4.69, 9.17) is 46.7 Å². The fourth-order valence-corrected chi connectivity index (χ4v) is 5.87. The molecule has 3 aliphatic heterocycles. The van der Waals surface area contributed by atoms with E-state index >= 15 is 0 Å². The van der Waals surface area contributed by atoms with Gasteiger partial charge in [-0.2, -0.15) is 0 Å². The van der Waals surface area contributed by atoms with Crippen molar-refractivity contribution in [2.45, 2.75) is 45.0 Å². The fourth-order valence-electron chi connectivity index (χ4n) is 5.87. The molecular formula is C37H60N6O6. The molecule has 0 amide bonds. The Kier molecular flexibility index (Phi) is 17.3. The van der Waals surface area contributed by atoms with E-state index in [0.717, 1.165) is 76.2 Å². The Balaban J connectivity index is 0.000000255. The highest BCUT2D eigenvalue weighted by atomic mass is 16.5. The van der Waals surface area contributed by atoms with Crippen LogP contribution in [0.15, 0.2) is 72.8 Å². The van der Waals surface area contributed by atoms with Gasteiger partial charge in [-0.3, -0.25) is 0 Å². The quantitative estimate of drug-likeness (QED) is 0.181. The average Bonchev–Trinajstić information content (AvgIpc) is 3.11. The Morgan fingerprint density at radius 1 is 0.490 bits per heavy atom. The SMILES string of the molecule is C.Nc1ccc(N2CCOC(CCO)C2)cc1.Nc1ccc(N2CCO[C@@H](CCO)C2)cc1.Nc1ccc(N2CCO[C@H](CCO)C2)cc1.[3HH]. The number of aliphatic hydroxyl groups is 3. The molecule has 0 aromatic heterocycles. The first-order chi connectivity index (χ1) is 23.4. The number of aliphatic hydroxyl groups excluding tert-OH is 3. The van der Waals surface area contributed by atoms with Crippen LogP contribution in [0.5, 0.6) is 0 Å². The van der Waals surface area contributed by atoms with Crippen LogP contribution in [0.2, 0.25) is 0 Å². The lowest BCUT2D eigenvalue weighted by molar-refractivity contribution is 0.0244. The maximum Gasteiger partial charge on any atom is 0.0772 e. The number of rotatable bonds is 9. The molecule has 3 aliphatic rings. The van der Waals surface area contributed by atoms with Crippen LogP contribution in [-0.4, -0.2) is 113 Å². The lowest BCUT2D eigenvalue weighted by Crippen LogP contribution is -2.42. The first kappa shape index (κ1) is 39.7. The van der Waals surface area contributed by atoms with Crippen LogP contribution in [0.1, 0.15) is 28.1 Å². The molecule has 0 saturated carbocycles. The predicted molar refractivity (Wildman–Crippen MR) is 202 cm³/mol. The van der Waals surface area contributed by atoms with E-state index in [0.29, 0.717) is 19.3 Å². The molecule has 0 spiro atoms. The number of nitrogens with zero attached hydrogens (tertiary/aromatic N) is 3. The molecule has 12 nitrogen and oxygen atoms in total. The zero-order chi connectivity index (χ0) is 34.1. The third kappa shape index (κ3) is 13.2. The van der Waals surface area contributed by atoms with E-state index in [1.807, 2.05) is 72.8 Å². The highest BCUT2D eigenvalue weighted by molar-refractivity contribution is 5.55. The maximum atomic E-state index is 8.90. The zero-order valence-corrected chi connectivity index (χ0v) is 27.9. The van der Waals surface area contributed by atoms with E-state index in [-0.39, 0.29) is 47.0 Å². The number of nitrogens with two attached hydrogens (primary N) is 3. The summed E-state index contributed by atoms with van der Waals surface area (Å²) >= 11 is 0. The van der Waals surface area contributed by atoms with Gasteiger partial charge in [0.1, 0.15) is 0 Å². The molecule has 12 heteroatoms. The molecule has 3 aromatic carbocycles. The van der Waals surface area contributed by atoms with Crippen LogP contribution in [0, 0.1) is 0 Å². The highest BCUT2D eigenvalue weighted by Crippen LogP contribution is 2.22. The van der Waals surface area contributed by atoms with Crippen molar-refractivity contribution in [3.63, 3.8) is 0 Å². The molecule has 0 aliphatic carbocycles. The van der Waals surface area contributed by atoms with Gasteiger partial charge in [-0.15, -0.1) is 0 Å². The summed E-state index contributed by atoms with van der Waals surface area (Å²) in [6.45, 7) is 7.89. The fraction of sp³-hybridized carbons (Fsp3) is 0.514. The van der Waals surface area contributed by atoms with Crippen molar-refractivity contribution in [2.75, 3.05) is 111 Å². The second-order valence-corrected chi connectivity index (χ2v) is 12.1. The van der Waals surface area contributed by atoms with Gasteiger partial charge in [0.15, 0.2) is 0 Å². The number of hydrogen-bond donors (Lipinski definition) is 6. The summed E-state index contributed by atoms with van der Waals surface area (Å²) in [6.07, 6.45) is 2.51. The average molecular weight is 687 g/mol. The van der Waals surface area contributed by atoms with Crippen molar-refractivity contribution in [1.29, 1.82) is 0 Å². The largest absolute Gasteiger partial charge is 0.399 e. The molecule has 3 heterocycles. The van der Waals surface area contributed by atoms with Gasteiger partial charge >= 0.3 is 0 Å². The molecule has 3 saturated heterocycles. The van der Waals surface area contributed by atoms with Crippen molar-refractivity contribution in [1.82, 2.24) is 0 Å². The van der Waals surface area contributed by atoms with E-state index in [1.54, 1.807) is 0 Å². The Labute approximate surface area is 293 Å². The number of morpholine rings is 3. The lowest BCUT2D eigenvalue weighted by atomic mass is 10.2. The van der Waals surface area contributed by atoms with Gasteiger partial charge in [-0.1, -0.05) is 7.43 Å². The third-order valence-electron chi connectivity index (χ3n) is 8.54. The number of anilines is 6. The third-order valence-corrected chi connectivity index (χ3v) is 8.54. The van der Waals surface area contributed by atoms with E-state index in [9.17, 15) is 0 Å². The molecule has 274 valence electrons. The normalized spacial score (nSPS) is 20.6. The topological polar surface area (TPSA) is 176 Å². The van der Waals surface area contributed by atoms with Gasteiger partial charge in [0.25, 0.3) is 0 Å². The first-order valence-corrected chi connectivity index (χ1v) is 16.9. The van der Waals surface area contributed by atoms with E-state index < -0.39 is 0 Å². The van der Waals surface area contributed by atoms with Crippen LogP contribution < -0.4 is 31.9 Å². The summed E-state index contributed by atoms with van der Waals surface area (Å²) in [5, 5.41) is 26.7. The van der Waals surface area contributed by atoms with E-state index in [2.05, 4.69) is 14.7 Å². The van der Waals surface area contributed by atoms with Crippen molar-refractivity contribution < 1.29 is 31.0 Å². The minimum atomic E-state index is 0. The van der Waals surface area contributed by atoms with Crippen molar-refractivity contribution in [3.05, 3.63) is 72.8 Å². The summed E-state index contributed by atoms with van der Waals surface area (Å²) < 4.78 is 16.7. The number of benzene rings is 3. The molecule has 3 atom stereocenters. The molecule has 6 rings (SSSR count). The number of ether oxygens (including phenoxy) is 3. The summed E-state index contributed by atoms with van der Waals surface area (Å²) in [5.41, 5.74) is 22.8. The van der Waals surface area contributed by atoms with Crippen molar-refractivity contribution in [2.24, 2.45) is 0 Å². The number of nitrogen functional groups attached to an aromatic ring is 3. The Morgan fingerprint density at radius 2 is 0.735 bits per heavy atom. The van der Waals surface area contributed by atoms with Crippen LogP contribution in [0.3, 0.4) is 0 Å². The highest BCUT2D eigenvalue weighted by Gasteiger charge is 2.22. The lowest BCUT2D eigenvalue weighted by Gasteiger charge is -2.34. The van der Waals surface area contributed by atoms with Crippen molar-refractivity contribution >= 4 is 34.1 Å². The molecule has 3 aromatic rings. The van der Waals surface area contributed by atoms with Crippen LogP contribution >= 0.6 is 0 Å². The standard InChI is InChI=1S/3C12H18N2O2.CH4.H2/c3*13-10-1-3-11(4-2-10)14-6-8-16-12(9-14)5-7-15;;/h3*1-4,12,15H,5-9,13H2;1H4;1H/t2*12-;;;/m10.../s1/i;;;;1+2. The maximum absolute atomic E-state index is 8.90. The second-order valence-electron chi connectivity index (χ2n) is 12.1. The predicted octanol–water partition coefficient (Wildman–Crippen LogP) is 3.45. The summed E-state index contributed by atoms with van der Waals surface area (Å²) in [4.78, 5) is 6.80. The Morgan fingerprint density at radius 3 is 0.959 bits per heavy atom. The monoisotopic (exact) mass is 686 g/mol. The summed E-state index contributed by atoms with van der Waals surface area (Å²) in [5.74, 6) is 0.